The second-order valence-corrected chi connectivity index (χ2v) is 4.89. The summed E-state index contributed by atoms with van der Waals surface area (Å²) >= 11 is 5.93. The molecule has 1 heterocycles. The Balaban J connectivity index is 0.00000162. The predicted octanol–water partition coefficient (Wildman–Crippen LogP) is 3.41. The zero-order valence-corrected chi connectivity index (χ0v) is 13.3. The molecule has 0 spiro atoms. The van der Waals surface area contributed by atoms with Gasteiger partial charge in [0.25, 0.3) is 0 Å². The van der Waals surface area contributed by atoms with Gasteiger partial charge in [0.1, 0.15) is 6.67 Å². The molecular weight excluding hydrogens is 310 g/mol. The van der Waals surface area contributed by atoms with Crippen LogP contribution in [0, 0.1) is 6.92 Å². The topological polar surface area (TPSA) is 15.3 Å². The summed E-state index contributed by atoms with van der Waals surface area (Å²) in [5, 5.41) is 4.00. The van der Waals surface area contributed by atoms with Crippen molar-refractivity contribution in [3.63, 3.8) is 0 Å². The fourth-order valence-electron chi connectivity index (χ4n) is 2.38. The molecule has 0 unspecified atom stereocenters. The molecule has 1 aliphatic heterocycles. The summed E-state index contributed by atoms with van der Waals surface area (Å²) in [6.07, 6.45) is 0. The van der Waals surface area contributed by atoms with Crippen molar-refractivity contribution >= 4 is 36.4 Å². The van der Waals surface area contributed by atoms with Crippen molar-refractivity contribution in [1.29, 1.82) is 0 Å². The minimum Gasteiger partial charge on any atom is -0.314 e. The molecule has 0 saturated carbocycles. The highest BCUT2D eigenvalue weighted by molar-refractivity contribution is 6.30. The lowest BCUT2D eigenvalue weighted by Crippen LogP contribution is -2.45. The molecule has 1 saturated heterocycles. The average Bonchev–Trinajstić information content (AvgIpc) is 2.34. The van der Waals surface area contributed by atoms with E-state index in [1.165, 1.54) is 0 Å². The quantitative estimate of drug-likeness (QED) is 0.914. The number of halogens is 4. The van der Waals surface area contributed by atoms with Crippen LogP contribution >= 0.6 is 36.4 Å². The average molecular weight is 330 g/mol. The Hall–Kier alpha value is -0.0600. The van der Waals surface area contributed by atoms with E-state index in [2.05, 4.69) is 10.2 Å². The van der Waals surface area contributed by atoms with E-state index in [1.807, 2.05) is 25.1 Å². The fourth-order valence-corrected chi connectivity index (χ4v) is 2.61. The van der Waals surface area contributed by atoms with E-state index in [-0.39, 0.29) is 37.5 Å². The number of hydrogen-bond acceptors (Lipinski definition) is 2. The van der Waals surface area contributed by atoms with Crippen molar-refractivity contribution in [1.82, 2.24) is 10.2 Å². The molecule has 0 bridgehead atoms. The van der Waals surface area contributed by atoms with Crippen LogP contribution in [0.2, 0.25) is 5.02 Å². The van der Waals surface area contributed by atoms with Crippen LogP contribution in [-0.4, -0.2) is 37.8 Å². The van der Waals surface area contributed by atoms with Crippen molar-refractivity contribution in [2.45, 2.75) is 13.0 Å². The Kier molecular flexibility index (Phi) is 8.95. The maximum Gasteiger partial charge on any atom is 0.109 e. The first-order valence-electron chi connectivity index (χ1n) is 5.99. The summed E-state index contributed by atoms with van der Waals surface area (Å²) in [4.78, 5) is 2.20. The Labute approximate surface area is 131 Å². The molecule has 0 amide bonds. The molecule has 1 fully saturated rings. The van der Waals surface area contributed by atoms with Gasteiger partial charge in [-0.3, -0.25) is 4.90 Å². The van der Waals surface area contributed by atoms with Gasteiger partial charge in [0, 0.05) is 31.2 Å². The van der Waals surface area contributed by atoms with E-state index in [9.17, 15) is 4.39 Å². The van der Waals surface area contributed by atoms with Crippen molar-refractivity contribution in [3.8, 4) is 0 Å². The Bertz CT molecular complexity index is 384. The predicted molar refractivity (Wildman–Crippen MR) is 83.8 cm³/mol. The molecular formula is C13H20Cl3FN2. The maximum atomic E-state index is 13.3. The highest BCUT2D eigenvalue weighted by Crippen LogP contribution is 2.26. The molecule has 2 nitrogen and oxygen atoms in total. The van der Waals surface area contributed by atoms with Gasteiger partial charge in [-0.15, -0.1) is 24.8 Å². The molecule has 1 atom stereocenters. The summed E-state index contributed by atoms with van der Waals surface area (Å²) in [6.45, 7) is 5.31. The van der Waals surface area contributed by atoms with Crippen LogP contribution in [0.1, 0.15) is 17.2 Å². The Morgan fingerprint density at radius 1 is 1.32 bits per heavy atom. The van der Waals surface area contributed by atoms with E-state index in [0.29, 0.717) is 5.02 Å². The number of alkyl halides is 1. The van der Waals surface area contributed by atoms with E-state index in [1.54, 1.807) is 0 Å². The van der Waals surface area contributed by atoms with Crippen LogP contribution in [0.25, 0.3) is 0 Å². The highest BCUT2D eigenvalue weighted by atomic mass is 35.5. The van der Waals surface area contributed by atoms with Crippen molar-refractivity contribution < 1.29 is 4.39 Å². The van der Waals surface area contributed by atoms with Gasteiger partial charge >= 0.3 is 0 Å². The number of aryl methyl sites for hydroxylation is 1. The monoisotopic (exact) mass is 328 g/mol. The molecule has 19 heavy (non-hydrogen) atoms. The van der Waals surface area contributed by atoms with Crippen molar-refractivity contribution in [3.05, 3.63) is 34.3 Å². The second kappa shape index (κ2) is 8.98. The molecule has 1 N–H and O–H groups in total. The number of hydrogen-bond donors (Lipinski definition) is 1. The van der Waals surface area contributed by atoms with Crippen LogP contribution in [0.15, 0.2) is 18.2 Å². The molecule has 1 aromatic rings. The first-order chi connectivity index (χ1) is 8.22. The van der Waals surface area contributed by atoms with Crippen LogP contribution in [0.4, 0.5) is 4.39 Å². The molecule has 0 aliphatic carbocycles. The van der Waals surface area contributed by atoms with E-state index in [0.717, 1.165) is 37.3 Å². The number of rotatable bonds is 3. The van der Waals surface area contributed by atoms with Crippen LogP contribution < -0.4 is 5.32 Å². The standard InChI is InChI=1S/C13H18ClFN2.2ClH/c1-10-8-11(14)2-3-12(10)13(9-15)17-6-4-16-5-7-17;;/h2-3,8,13,16H,4-7,9H2,1H3;2*1H/t13-;;/m1../s1. The Morgan fingerprint density at radius 3 is 2.47 bits per heavy atom. The number of nitrogens with one attached hydrogen (secondary N) is 1. The number of piperazine rings is 1. The minimum atomic E-state index is -0.345. The smallest absolute Gasteiger partial charge is 0.109 e. The summed E-state index contributed by atoms with van der Waals surface area (Å²) in [6, 6.07) is 5.56. The summed E-state index contributed by atoms with van der Waals surface area (Å²) in [7, 11) is 0. The number of benzene rings is 1. The van der Waals surface area contributed by atoms with Gasteiger partial charge in [0.05, 0.1) is 6.04 Å². The van der Waals surface area contributed by atoms with Gasteiger partial charge in [0.15, 0.2) is 0 Å². The summed E-state index contributed by atoms with van der Waals surface area (Å²) in [5.41, 5.74) is 2.12. The fraction of sp³-hybridized carbons (Fsp3) is 0.538. The van der Waals surface area contributed by atoms with Gasteiger partial charge in [-0.05, 0) is 30.2 Å². The van der Waals surface area contributed by atoms with Gasteiger partial charge in [-0.1, -0.05) is 17.7 Å². The normalized spacial score (nSPS) is 17.2. The van der Waals surface area contributed by atoms with Crippen LogP contribution in [0.3, 0.4) is 0 Å². The zero-order valence-electron chi connectivity index (χ0n) is 10.9. The maximum absolute atomic E-state index is 13.3. The molecule has 0 aromatic heterocycles. The van der Waals surface area contributed by atoms with Crippen LogP contribution in [-0.2, 0) is 0 Å². The molecule has 110 valence electrons. The first kappa shape index (κ1) is 18.9. The second-order valence-electron chi connectivity index (χ2n) is 4.46. The van der Waals surface area contributed by atoms with E-state index < -0.39 is 0 Å². The lowest BCUT2D eigenvalue weighted by molar-refractivity contribution is 0.147. The lowest BCUT2D eigenvalue weighted by Gasteiger charge is -2.34. The Morgan fingerprint density at radius 2 is 1.95 bits per heavy atom. The third-order valence-electron chi connectivity index (χ3n) is 3.33. The SMILES string of the molecule is Cc1cc(Cl)ccc1[C@@H](CF)N1CCNCC1.Cl.Cl. The highest BCUT2D eigenvalue weighted by Gasteiger charge is 2.23. The number of nitrogens with zero attached hydrogens (tertiary/aromatic N) is 1. The van der Waals surface area contributed by atoms with Crippen molar-refractivity contribution in [2.24, 2.45) is 0 Å². The van der Waals surface area contributed by atoms with Gasteiger partial charge < -0.3 is 5.32 Å². The molecule has 2 rings (SSSR count). The first-order valence-corrected chi connectivity index (χ1v) is 6.37. The molecule has 1 aliphatic rings. The zero-order chi connectivity index (χ0) is 12.3. The third-order valence-corrected chi connectivity index (χ3v) is 3.56. The van der Waals surface area contributed by atoms with Gasteiger partial charge in [-0.25, -0.2) is 4.39 Å². The van der Waals surface area contributed by atoms with Crippen molar-refractivity contribution in [2.75, 3.05) is 32.9 Å². The molecule has 1 aromatic carbocycles. The van der Waals surface area contributed by atoms with Gasteiger partial charge in [-0.2, -0.15) is 0 Å². The summed E-state index contributed by atoms with van der Waals surface area (Å²) < 4.78 is 13.3. The van der Waals surface area contributed by atoms with E-state index in [4.69, 9.17) is 11.6 Å². The molecule has 6 heteroatoms. The lowest BCUT2D eigenvalue weighted by atomic mass is 10.0. The van der Waals surface area contributed by atoms with E-state index >= 15 is 0 Å². The third kappa shape index (κ3) is 4.76. The molecule has 0 radical (unpaired) electrons. The van der Waals surface area contributed by atoms with Crippen LogP contribution in [0.5, 0.6) is 0 Å². The van der Waals surface area contributed by atoms with Gasteiger partial charge in [0.2, 0.25) is 0 Å². The minimum absolute atomic E-state index is 0. The summed E-state index contributed by atoms with van der Waals surface area (Å²) in [5.74, 6) is 0. The largest absolute Gasteiger partial charge is 0.314 e.